The fourth-order valence-corrected chi connectivity index (χ4v) is 2.36. The lowest BCUT2D eigenvalue weighted by molar-refractivity contribution is 0.131. The van der Waals surface area contributed by atoms with Gasteiger partial charge < -0.3 is 20.9 Å². The monoisotopic (exact) mass is 277 g/mol. The number of anilines is 1. The van der Waals surface area contributed by atoms with Gasteiger partial charge >= 0.3 is 0 Å². The largest absolute Gasteiger partial charge is 0.396 e. The van der Waals surface area contributed by atoms with Crippen LogP contribution in [0.3, 0.4) is 0 Å². The SMILES string of the molecule is Cc1ccc(NC(N)=NCC2(CCO)CCOC2)cc1. The minimum absolute atomic E-state index is 0.0612. The smallest absolute Gasteiger partial charge is 0.193 e. The normalized spacial score (nSPS) is 23.0. The standard InChI is InChI=1S/C15H23N3O2/c1-12-2-4-13(5-3-12)18-14(16)17-10-15(6-8-19)7-9-20-11-15/h2-5,19H,6-11H2,1H3,(H3,16,17,18). The predicted octanol–water partition coefficient (Wildman–Crippen LogP) is 1.51. The molecular weight excluding hydrogens is 254 g/mol. The third-order valence-corrected chi connectivity index (χ3v) is 3.74. The van der Waals surface area contributed by atoms with E-state index in [-0.39, 0.29) is 12.0 Å². The molecule has 1 unspecified atom stereocenters. The quantitative estimate of drug-likeness (QED) is 0.563. The number of hydrogen-bond donors (Lipinski definition) is 3. The maximum Gasteiger partial charge on any atom is 0.193 e. The molecule has 0 aromatic heterocycles. The first-order valence-corrected chi connectivity index (χ1v) is 6.96. The van der Waals surface area contributed by atoms with Crippen molar-refractivity contribution in [1.29, 1.82) is 0 Å². The number of benzene rings is 1. The van der Waals surface area contributed by atoms with E-state index in [9.17, 15) is 0 Å². The van der Waals surface area contributed by atoms with E-state index >= 15 is 0 Å². The lowest BCUT2D eigenvalue weighted by Crippen LogP contribution is -2.30. The zero-order valence-electron chi connectivity index (χ0n) is 11.9. The minimum Gasteiger partial charge on any atom is -0.396 e. The summed E-state index contributed by atoms with van der Waals surface area (Å²) < 4.78 is 5.44. The summed E-state index contributed by atoms with van der Waals surface area (Å²) in [7, 11) is 0. The Morgan fingerprint density at radius 2 is 2.20 bits per heavy atom. The van der Waals surface area contributed by atoms with Crippen LogP contribution in [0.1, 0.15) is 18.4 Å². The predicted molar refractivity (Wildman–Crippen MR) is 80.9 cm³/mol. The third-order valence-electron chi connectivity index (χ3n) is 3.74. The molecule has 1 aliphatic rings. The van der Waals surface area contributed by atoms with Crippen molar-refractivity contribution in [2.75, 3.05) is 31.7 Å². The summed E-state index contributed by atoms with van der Waals surface area (Å²) in [5, 5.41) is 12.2. The maximum atomic E-state index is 9.17. The fourth-order valence-electron chi connectivity index (χ4n) is 2.36. The highest BCUT2D eigenvalue weighted by molar-refractivity contribution is 5.92. The van der Waals surface area contributed by atoms with Gasteiger partial charge in [0.25, 0.3) is 0 Å². The number of ether oxygens (including phenoxy) is 1. The van der Waals surface area contributed by atoms with Gasteiger partial charge in [0.05, 0.1) is 13.2 Å². The molecule has 0 radical (unpaired) electrons. The number of nitrogens with two attached hydrogens (primary N) is 1. The summed E-state index contributed by atoms with van der Waals surface area (Å²) in [6, 6.07) is 7.99. The molecule has 2 rings (SSSR count). The second-order valence-corrected chi connectivity index (χ2v) is 5.47. The summed E-state index contributed by atoms with van der Waals surface area (Å²) in [5.41, 5.74) is 7.98. The van der Waals surface area contributed by atoms with Crippen molar-refractivity contribution in [3.63, 3.8) is 0 Å². The van der Waals surface area contributed by atoms with Crippen LogP contribution in [0.2, 0.25) is 0 Å². The molecule has 1 aliphatic heterocycles. The zero-order chi connectivity index (χ0) is 14.4. The van der Waals surface area contributed by atoms with E-state index in [0.717, 1.165) is 18.7 Å². The van der Waals surface area contributed by atoms with Crippen molar-refractivity contribution in [2.45, 2.75) is 19.8 Å². The molecular formula is C15H23N3O2. The topological polar surface area (TPSA) is 79.9 Å². The van der Waals surface area contributed by atoms with E-state index in [0.29, 0.717) is 25.5 Å². The molecule has 5 heteroatoms. The van der Waals surface area contributed by atoms with Crippen LogP contribution < -0.4 is 11.1 Å². The Labute approximate surface area is 119 Å². The number of nitrogens with one attached hydrogen (secondary N) is 1. The maximum absolute atomic E-state index is 9.17. The highest BCUT2D eigenvalue weighted by Crippen LogP contribution is 2.32. The summed E-state index contributed by atoms with van der Waals surface area (Å²) in [6.45, 7) is 4.16. The zero-order valence-corrected chi connectivity index (χ0v) is 11.9. The average Bonchev–Trinajstić information content (AvgIpc) is 2.89. The Hall–Kier alpha value is -1.59. The Kier molecular flexibility index (Phi) is 4.98. The van der Waals surface area contributed by atoms with E-state index < -0.39 is 0 Å². The first-order chi connectivity index (χ1) is 9.63. The lowest BCUT2D eigenvalue weighted by Gasteiger charge is -2.24. The first-order valence-electron chi connectivity index (χ1n) is 6.96. The van der Waals surface area contributed by atoms with Gasteiger partial charge in [0.2, 0.25) is 0 Å². The van der Waals surface area contributed by atoms with Crippen molar-refractivity contribution in [2.24, 2.45) is 16.1 Å². The molecule has 1 heterocycles. The van der Waals surface area contributed by atoms with Crippen molar-refractivity contribution in [3.05, 3.63) is 29.8 Å². The highest BCUT2D eigenvalue weighted by Gasteiger charge is 2.34. The van der Waals surface area contributed by atoms with Crippen molar-refractivity contribution in [3.8, 4) is 0 Å². The van der Waals surface area contributed by atoms with Crippen molar-refractivity contribution in [1.82, 2.24) is 0 Å². The highest BCUT2D eigenvalue weighted by atomic mass is 16.5. The summed E-state index contributed by atoms with van der Waals surface area (Å²) in [4.78, 5) is 4.41. The van der Waals surface area contributed by atoms with Gasteiger partial charge in [-0.2, -0.15) is 0 Å². The van der Waals surface area contributed by atoms with Crippen LogP contribution >= 0.6 is 0 Å². The Balaban J connectivity index is 1.94. The van der Waals surface area contributed by atoms with Gasteiger partial charge in [-0.3, -0.25) is 4.99 Å². The molecule has 5 nitrogen and oxygen atoms in total. The molecule has 1 saturated heterocycles. The molecule has 1 aromatic rings. The number of aliphatic hydroxyl groups is 1. The molecule has 4 N–H and O–H groups in total. The molecule has 1 atom stereocenters. The van der Waals surface area contributed by atoms with Gasteiger partial charge in [0.15, 0.2) is 5.96 Å². The Morgan fingerprint density at radius 3 is 2.80 bits per heavy atom. The van der Waals surface area contributed by atoms with Crippen LogP contribution in [0, 0.1) is 12.3 Å². The summed E-state index contributed by atoms with van der Waals surface area (Å²) in [5.74, 6) is 0.401. The van der Waals surface area contributed by atoms with Gasteiger partial charge in [-0.15, -0.1) is 0 Å². The van der Waals surface area contributed by atoms with Crippen molar-refractivity contribution >= 4 is 11.6 Å². The van der Waals surface area contributed by atoms with Crippen LogP contribution in [-0.4, -0.2) is 37.4 Å². The average molecular weight is 277 g/mol. The van der Waals surface area contributed by atoms with E-state index in [2.05, 4.69) is 10.3 Å². The van der Waals surface area contributed by atoms with Crippen LogP contribution in [0.25, 0.3) is 0 Å². The van der Waals surface area contributed by atoms with Gasteiger partial charge in [-0.05, 0) is 31.9 Å². The summed E-state index contributed by atoms with van der Waals surface area (Å²) >= 11 is 0. The molecule has 0 bridgehead atoms. The molecule has 20 heavy (non-hydrogen) atoms. The summed E-state index contributed by atoms with van der Waals surface area (Å²) in [6.07, 6.45) is 1.63. The Morgan fingerprint density at radius 1 is 1.45 bits per heavy atom. The third kappa shape index (κ3) is 3.95. The fraction of sp³-hybridized carbons (Fsp3) is 0.533. The van der Waals surface area contributed by atoms with Gasteiger partial charge in [-0.25, -0.2) is 0 Å². The Bertz CT molecular complexity index is 451. The van der Waals surface area contributed by atoms with Gasteiger partial charge in [0.1, 0.15) is 0 Å². The van der Waals surface area contributed by atoms with Gasteiger partial charge in [0, 0.05) is 24.3 Å². The van der Waals surface area contributed by atoms with E-state index in [1.54, 1.807) is 0 Å². The van der Waals surface area contributed by atoms with E-state index in [1.165, 1.54) is 5.56 Å². The molecule has 0 saturated carbocycles. The number of nitrogens with zero attached hydrogens (tertiary/aromatic N) is 1. The minimum atomic E-state index is -0.0612. The molecule has 1 fully saturated rings. The van der Waals surface area contributed by atoms with E-state index in [1.807, 2.05) is 31.2 Å². The number of hydrogen-bond acceptors (Lipinski definition) is 3. The molecule has 0 amide bonds. The van der Waals surface area contributed by atoms with Gasteiger partial charge in [-0.1, -0.05) is 17.7 Å². The van der Waals surface area contributed by atoms with E-state index in [4.69, 9.17) is 15.6 Å². The lowest BCUT2D eigenvalue weighted by atomic mass is 9.84. The number of aryl methyl sites for hydroxylation is 1. The van der Waals surface area contributed by atoms with Crippen LogP contribution in [0.4, 0.5) is 5.69 Å². The molecule has 110 valence electrons. The first kappa shape index (κ1) is 14.8. The number of aliphatic hydroxyl groups excluding tert-OH is 1. The molecule has 1 aromatic carbocycles. The van der Waals surface area contributed by atoms with Crippen LogP contribution in [0.5, 0.6) is 0 Å². The van der Waals surface area contributed by atoms with Crippen LogP contribution in [0.15, 0.2) is 29.3 Å². The second kappa shape index (κ2) is 6.72. The molecule has 0 spiro atoms. The second-order valence-electron chi connectivity index (χ2n) is 5.47. The number of rotatable bonds is 5. The number of aliphatic imine (C=N–C) groups is 1. The van der Waals surface area contributed by atoms with Crippen LogP contribution in [-0.2, 0) is 4.74 Å². The van der Waals surface area contributed by atoms with Crippen molar-refractivity contribution < 1.29 is 9.84 Å². The number of guanidine groups is 1. The molecule has 0 aliphatic carbocycles.